The highest BCUT2D eigenvalue weighted by molar-refractivity contribution is 5.84. The summed E-state index contributed by atoms with van der Waals surface area (Å²) < 4.78 is 0. The van der Waals surface area contributed by atoms with Crippen LogP contribution >= 0.6 is 0 Å². The highest BCUT2D eigenvalue weighted by Gasteiger charge is 2.12. The van der Waals surface area contributed by atoms with E-state index in [1.165, 1.54) is 0 Å². The molecule has 0 aliphatic rings. The molecule has 0 heterocycles. The van der Waals surface area contributed by atoms with Gasteiger partial charge in [0, 0.05) is 0 Å². The maximum Gasteiger partial charge on any atom is 0.175 e. The number of nitrogens with zero attached hydrogens (tertiary/aromatic N) is 1. The molecule has 0 aromatic rings. The van der Waals surface area contributed by atoms with Crippen LogP contribution in [0.15, 0.2) is 0 Å². The van der Waals surface area contributed by atoms with E-state index < -0.39 is 6.10 Å². The number of aliphatic hydroxyl groups is 1. The van der Waals surface area contributed by atoms with E-state index in [0.29, 0.717) is 0 Å². The number of hydrogen-bond donors (Lipinski definition) is 1. The van der Waals surface area contributed by atoms with Gasteiger partial charge in [0.05, 0.1) is 6.54 Å². The molecule has 10 heavy (non-hydrogen) atoms. The second kappa shape index (κ2) is 4.41. The minimum Gasteiger partial charge on any atom is -0.385 e. The first-order valence-corrected chi connectivity index (χ1v) is 3.22. The van der Waals surface area contributed by atoms with Crippen LogP contribution in [0.25, 0.3) is 0 Å². The lowest BCUT2D eigenvalue weighted by Crippen LogP contribution is -2.30. The van der Waals surface area contributed by atoms with Gasteiger partial charge in [-0.2, -0.15) is 0 Å². The standard InChI is InChI=1S/C7H14NO2/c1-4-6(9)7(10)5-8(2)3/h6,9H,1,4-5H2,2-3H3. The van der Waals surface area contributed by atoms with Crippen LogP contribution in [0.4, 0.5) is 0 Å². The van der Waals surface area contributed by atoms with E-state index in [4.69, 9.17) is 5.11 Å². The van der Waals surface area contributed by atoms with Crippen molar-refractivity contribution >= 4 is 5.78 Å². The third kappa shape index (κ3) is 3.58. The number of ketones is 1. The first kappa shape index (κ1) is 9.59. The molecule has 0 bridgehead atoms. The number of carbonyl (C=O) groups is 1. The minimum absolute atomic E-state index is 0.167. The molecule has 0 fully saturated rings. The van der Waals surface area contributed by atoms with Crippen molar-refractivity contribution in [3.63, 3.8) is 0 Å². The van der Waals surface area contributed by atoms with Crippen LogP contribution in [-0.2, 0) is 4.79 Å². The molecule has 0 spiro atoms. The molecule has 0 aromatic carbocycles. The Morgan fingerprint density at radius 1 is 1.70 bits per heavy atom. The quantitative estimate of drug-likeness (QED) is 0.589. The predicted molar refractivity (Wildman–Crippen MR) is 39.5 cm³/mol. The first-order chi connectivity index (χ1) is 4.57. The van der Waals surface area contributed by atoms with Gasteiger partial charge in [-0.15, -0.1) is 0 Å². The van der Waals surface area contributed by atoms with Crippen molar-refractivity contribution < 1.29 is 9.90 Å². The van der Waals surface area contributed by atoms with Crippen molar-refractivity contribution in [3.8, 4) is 0 Å². The number of carbonyl (C=O) groups excluding carboxylic acids is 1. The van der Waals surface area contributed by atoms with Crippen LogP contribution < -0.4 is 0 Å². The Kier molecular flexibility index (Phi) is 4.23. The summed E-state index contributed by atoms with van der Waals surface area (Å²) in [4.78, 5) is 12.6. The fourth-order valence-electron chi connectivity index (χ4n) is 0.578. The largest absolute Gasteiger partial charge is 0.385 e. The van der Waals surface area contributed by atoms with Gasteiger partial charge < -0.3 is 10.0 Å². The van der Waals surface area contributed by atoms with Crippen molar-refractivity contribution in [2.75, 3.05) is 20.6 Å². The van der Waals surface area contributed by atoms with Gasteiger partial charge >= 0.3 is 0 Å². The molecule has 1 atom stereocenters. The SMILES string of the molecule is [CH2]CC(O)C(=O)CN(C)C. The molecule has 0 rings (SSSR count). The van der Waals surface area contributed by atoms with Crippen LogP contribution in [-0.4, -0.2) is 42.5 Å². The third-order valence-electron chi connectivity index (χ3n) is 1.12. The van der Waals surface area contributed by atoms with Gasteiger partial charge in [-0.1, -0.05) is 6.92 Å². The average Bonchev–Trinajstić information content (AvgIpc) is 1.85. The van der Waals surface area contributed by atoms with Crippen LogP contribution in [0, 0.1) is 6.92 Å². The van der Waals surface area contributed by atoms with E-state index in [2.05, 4.69) is 6.92 Å². The van der Waals surface area contributed by atoms with Crippen molar-refractivity contribution in [1.82, 2.24) is 4.90 Å². The number of likely N-dealkylation sites (N-methyl/N-ethyl adjacent to an activating group) is 1. The van der Waals surface area contributed by atoms with Gasteiger partial charge in [-0.05, 0) is 20.5 Å². The van der Waals surface area contributed by atoms with Crippen LogP contribution in [0.2, 0.25) is 0 Å². The minimum atomic E-state index is -0.887. The molecule has 3 nitrogen and oxygen atoms in total. The summed E-state index contributed by atoms with van der Waals surface area (Å²) in [5, 5.41) is 8.94. The third-order valence-corrected chi connectivity index (χ3v) is 1.12. The highest BCUT2D eigenvalue weighted by Crippen LogP contribution is 1.91. The first-order valence-electron chi connectivity index (χ1n) is 3.22. The monoisotopic (exact) mass is 144 g/mol. The Morgan fingerprint density at radius 3 is 2.50 bits per heavy atom. The summed E-state index contributed by atoms with van der Waals surface area (Å²) >= 11 is 0. The lowest BCUT2D eigenvalue weighted by molar-refractivity contribution is -0.127. The molecular weight excluding hydrogens is 130 g/mol. The van der Waals surface area contributed by atoms with Crippen LogP contribution in [0.1, 0.15) is 6.42 Å². The Hall–Kier alpha value is -0.410. The number of aliphatic hydroxyl groups excluding tert-OH is 1. The topological polar surface area (TPSA) is 40.5 Å². The van der Waals surface area contributed by atoms with Crippen LogP contribution in [0.5, 0.6) is 0 Å². The van der Waals surface area contributed by atoms with Gasteiger partial charge in [0.15, 0.2) is 5.78 Å². The number of Topliss-reactive ketones (excluding diaryl/α,β-unsaturated/α-hetero) is 1. The van der Waals surface area contributed by atoms with Crippen molar-refractivity contribution in [1.29, 1.82) is 0 Å². The summed E-state index contributed by atoms with van der Waals surface area (Å²) in [6, 6.07) is 0. The second-order valence-electron chi connectivity index (χ2n) is 2.51. The van der Waals surface area contributed by atoms with E-state index in [1.54, 1.807) is 19.0 Å². The molecule has 0 aliphatic heterocycles. The van der Waals surface area contributed by atoms with Crippen molar-refractivity contribution in [3.05, 3.63) is 6.92 Å². The molecule has 0 saturated carbocycles. The zero-order valence-electron chi connectivity index (χ0n) is 6.50. The van der Waals surface area contributed by atoms with Crippen molar-refractivity contribution in [2.45, 2.75) is 12.5 Å². The fourth-order valence-corrected chi connectivity index (χ4v) is 0.578. The van der Waals surface area contributed by atoms with E-state index >= 15 is 0 Å². The zero-order chi connectivity index (χ0) is 8.15. The summed E-state index contributed by atoms with van der Waals surface area (Å²) in [5.41, 5.74) is 0. The molecular formula is C7H14NO2. The van der Waals surface area contributed by atoms with Crippen LogP contribution in [0.3, 0.4) is 0 Å². The maximum atomic E-state index is 10.9. The van der Waals surface area contributed by atoms with E-state index in [9.17, 15) is 4.79 Å². The van der Waals surface area contributed by atoms with Gasteiger partial charge in [-0.3, -0.25) is 4.79 Å². The molecule has 0 aromatic heterocycles. The Morgan fingerprint density at radius 2 is 2.20 bits per heavy atom. The van der Waals surface area contributed by atoms with Gasteiger partial charge in [0.2, 0.25) is 0 Å². The van der Waals surface area contributed by atoms with E-state index in [-0.39, 0.29) is 18.7 Å². The van der Waals surface area contributed by atoms with Crippen molar-refractivity contribution in [2.24, 2.45) is 0 Å². The Balaban J connectivity index is 3.62. The number of hydrogen-bond acceptors (Lipinski definition) is 3. The fraction of sp³-hybridized carbons (Fsp3) is 0.714. The normalized spacial score (nSPS) is 13.7. The molecule has 3 heteroatoms. The van der Waals surface area contributed by atoms with Gasteiger partial charge in [0.1, 0.15) is 6.10 Å². The van der Waals surface area contributed by atoms with E-state index in [1.807, 2.05) is 0 Å². The van der Waals surface area contributed by atoms with Gasteiger partial charge in [-0.25, -0.2) is 0 Å². The molecule has 1 N–H and O–H groups in total. The number of rotatable bonds is 4. The lowest BCUT2D eigenvalue weighted by atomic mass is 10.2. The highest BCUT2D eigenvalue weighted by atomic mass is 16.3. The van der Waals surface area contributed by atoms with Gasteiger partial charge in [0.25, 0.3) is 0 Å². The summed E-state index contributed by atoms with van der Waals surface area (Å²) in [6.45, 7) is 3.71. The Labute approximate surface area is 61.6 Å². The molecule has 0 saturated heterocycles. The van der Waals surface area contributed by atoms with E-state index in [0.717, 1.165) is 0 Å². The Bertz CT molecular complexity index is 112. The second-order valence-corrected chi connectivity index (χ2v) is 2.51. The molecule has 0 aliphatic carbocycles. The molecule has 1 unspecified atom stereocenters. The molecule has 0 amide bonds. The predicted octanol–water partition coefficient (Wildman–Crippen LogP) is -0.298. The summed E-state index contributed by atoms with van der Waals surface area (Å²) in [5.74, 6) is -0.167. The average molecular weight is 144 g/mol. The zero-order valence-corrected chi connectivity index (χ0v) is 6.50. The lowest BCUT2D eigenvalue weighted by Gasteiger charge is -2.10. The summed E-state index contributed by atoms with van der Waals surface area (Å²) in [6.07, 6.45) is -0.630. The smallest absolute Gasteiger partial charge is 0.175 e. The summed E-state index contributed by atoms with van der Waals surface area (Å²) in [7, 11) is 3.57. The molecule has 59 valence electrons. The maximum absolute atomic E-state index is 10.9. The molecule has 1 radical (unpaired) electrons.